The molecule has 2 heterocycles. The largest absolute Gasteiger partial charge is 0.338 e. The van der Waals surface area contributed by atoms with Crippen LogP contribution in [0.4, 0.5) is 4.39 Å². The zero-order valence-electron chi connectivity index (χ0n) is 18.2. The molecular weight excluding hydrogens is 391 g/mol. The molecule has 1 aliphatic rings. The molecule has 0 amide bonds. The third-order valence-corrected chi connectivity index (χ3v) is 6.03. The average molecular weight is 423 g/mol. The molecule has 0 radical (unpaired) electrons. The topological polar surface area (TPSA) is 45.4 Å². The van der Waals surface area contributed by atoms with Gasteiger partial charge in [-0.25, -0.2) is 4.39 Å². The molecule has 0 aliphatic carbocycles. The van der Waals surface area contributed by atoms with Crippen molar-refractivity contribution < 1.29 is 8.91 Å². The molecule has 1 fully saturated rings. The van der Waals surface area contributed by atoms with Gasteiger partial charge in [-0.1, -0.05) is 54.5 Å². The van der Waals surface area contributed by atoms with E-state index in [0.717, 1.165) is 50.3 Å². The Morgan fingerprint density at radius 3 is 2.84 bits per heavy atom. The van der Waals surface area contributed by atoms with Crippen LogP contribution in [0.25, 0.3) is 11.4 Å². The first-order valence-electron chi connectivity index (χ1n) is 11.3. The minimum atomic E-state index is -0.149. The lowest BCUT2D eigenvalue weighted by Gasteiger charge is -2.35. The van der Waals surface area contributed by atoms with Gasteiger partial charge >= 0.3 is 0 Å². The molecule has 31 heavy (non-hydrogen) atoms. The van der Waals surface area contributed by atoms with Gasteiger partial charge in [-0.05, 0) is 56.0 Å². The van der Waals surface area contributed by atoms with E-state index >= 15 is 0 Å². The van der Waals surface area contributed by atoms with Crippen molar-refractivity contribution in [2.45, 2.75) is 32.7 Å². The van der Waals surface area contributed by atoms with Crippen molar-refractivity contribution in [2.75, 3.05) is 32.7 Å². The van der Waals surface area contributed by atoms with E-state index in [4.69, 9.17) is 4.52 Å². The van der Waals surface area contributed by atoms with Crippen LogP contribution in [0.5, 0.6) is 0 Å². The molecule has 1 aromatic heterocycles. The summed E-state index contributed by atoms with van der Waals surface area (Å²) in [4.78, 5) is 9.50. The molecule has 0 N–H and O–H groups in total. The highest BCUT2D eigenvalue weighted by Crippen LogP contribution is 2.20. The number of piperidine rings is 1. The second kappa shape index (κ2) is 10.6. The number of halogens is 1. The molecule has 3 aromatic rings. The number of nitrogens with zero attached hydrogens (tertiary/aromatic N) is 4. The van der Waals surface area contributed by atoms with Gasteiger partial charge in [0, 0.05) is 25.2 Å². The van der Waals surface area contributed by atoms with E-state index in [-0.39, 0.29) is 5.82 Å². The summed E-state index contributed by atoms with van der Waals surface area (Å²) < 4.78 is 18.9. The number of benzene rings is 2. The average Bonchev–Trinajstić information content (AvgIpc) is 3.27. The fourth-order valence-electron chi connectivity index (χ4n) is 4.37. The fourth-order valence-corrected chi connectivity index (χ4v) is 4.37. The van der Waals surface area contributed by atoms with Crippen molar-refractivity contribution in [3.05, 3.63) is 71.9 Å². The van der Waals surface area contributed by atoms with E-state index in [0.29, 0.717) is 24.2 Å². The Morgan fingerprint density at radius 1 is 1.16 bits per heavy atom. The van der Waals surface area contributed by atoms with E-state index in [2.05, 4.69) is 26.9 Å². The van der Waals surface area contributed by atoms with E-state index in [1.54, 1.807) is 12.1 Å². The van der Waals surface area contributed by atoms with E-state index in [1.807, 2.05) is 36.4 Å². The highest BCUT2D eigenvalue weighted by atomic mass is 19.1. The van der Waals surface area contributed by atoms with Gasteiger partial charge < -0.3 is 9.42 Å². The lowest BCUT2D eigenvalue weighted by Crippen LogP contribution is -2.41. The molecule has 0 saturated carbocycles. The summed E-state index contributed by atoms with van der Waals surface area (Å²) in [6.07, 6.45) is 3.35. The first kappa shape index (κ1) is 21.7. The van der Waals surface area contributed by atoms with E-state index < -0.39 is 0 Å². The lowest BCUT2D eigenvalue weighted by atomic mass is 9.97. The van der Waals surface area contributed by atoms with Crippen molar-refractivity contribution >= 4 is 0 Å². The van der Waals surface area contributed by atoms with Gasteiger partial charge in [0.2, 0.25) is 11.7 Å². The predicted molar refractivity (Wildman–Crippen MR) is 120 cm³/mol. The predicted octanol–water partition coefficient (Wildman–Crippen LogP) is 4.65. The van der Waals surface area contributed by atoms with Crippen molar-refractivity contribution in [3.8, 4) is 11.4 Å². The van der Waals surface area contributed by atoms with Gasteiger partial charge in [0.25, 0.3) is 0 Å². The summed E-state index contributed by atoms with van der Waals surface area (Å²) in [7, 11) is 0. The molecule has 1 saturated heterocycles. The summed E-state index contributed by atoms with van der Waals surface area (Å²) >= 11 is 0. The van der Waals surface area contributed by atoms with Gasteiger partial charge in [0.15, 0.2) is 0 Å². The Morgan fingerprint density at radius 2 is 2.03 bits per heavy atom. The number of likely N-dealkylation sites (tertiary alicyclic amines) is 1. The molecule has 1 aliphatic heterocycles. The molecule has 0 spiro atoms. The summed E-state index contributed by atoms with van der Waals surface area (Å²) in [5, 5.41) is 4.14. The van der Waals surface area contributed by atoms with Crippen LogP contribution in [-0.4, -0.2) is 52.7 Å². The Hall–Kier alpha value is -2.57. The minimum absolute atomic E-state index is 0.149. The molecule has 5 nitrogen and oxygen atoms in total. The van der Waals surface area contributed by atoms with Crippen molar-refractivity contribution in [1.29, 1.82) is 0 Å². The number of hydrogen-bond acceptors (Lipinski definition) is 5. The minimum Gasteiger partial charge on any atom is -0.338 e. The van der Waals surface area contributed by atoms with Crippen LogP contribution in [0.1, 0.15) is 31.2 Å². The van der Waals surface area contributed by atoms with Crippen LogP contribution < -0.4 is 0 Å². The molecule has 164 valence electrons. The van der Waals surface area contributed by atoms with Crippen LogP contribution in [0.2, 0.25) is 0 Å². The Balaban J connectivity index is 1.28. The second-order valence-electron chi connectivity index (χ2n) is 8.39. The first-order valence-corrected chi connectivity index (χ1v) is 11.3. The van der Waals surface area contributed by atoms with Gasteiger partial charge in [-0.2, -0.15) is 4.98 Å². The lowest BCUT2D eigenvalue weighted by molar-refractivity contribution is 0.126. The van der Waals surface area contributed by atoms with E-state index in [1.165, 1.54) is 18.9 Å². The maximum atomic E-state index is 13.4. The Labute approximate surface area is 183 Å². The maximum absolute atomic E-state index is 13.4. The molecular formula is C25H31FN4O. The second-order valence-corrected chi connectivity index (χ2v) is 8.39. The zero-order chi connectivity index (χ0) is 21.5. The normalized spacial score (nSPS) is 17.3. The first-order chi connectivity index (χ1) is 15.2. The van der Waals surface area contributed by atoms with Crippen LogP contribution in [0, 0.1) is 11.7 Å². The van der Waals surface area contributed by atoms with Crippen molar-refractivity contribution in [1.82, 2.24) is 19.9 Å². The Kier molecular flexibility index (Phi) is 7.43. The van der Waals surface area contributed by atoms with Gasteiger partial charge in [-0.15, -0.1) is 0 Å². The van der Waals surface area contributed by atoms with Crippen LogP contribution in [-0.2, 0) is 13.0 Å². The van der Waals surface area contributed by atoms with Crippen LogP contribution >= 0.6 is 0 Å². The van der Waals surface area contributed by atoms with Crippen molar-refractivity contribution in [3.63, 3.8) is 0 Å². The molecule has 6 heteroatoms. The van der Waals surface area contributed by atoms with Crippen molar-refractivity contribution in [2.24, 2.45) is 5.92 Å². The van der Waals surface area contributed by atoms with Gasteiger partial charge in [0.1, 0.15) is 5.82 Å². The van der Waals surface area contributed by atoms with E-state index in [9.17, 15) is 4.39 Å². The molecule has 2 aromatic carbocycles. The molecule has 4 rings (SSSR count). The van der Waals surface area contributed by atoms with Gasteiger partial charge in [0.05, 0.1) is 6.54 Å². The van der Waals surface area contributed by atoms with Crippen LogP contribution in [0.15, 0.2) is 59.1 Å². The molecule has 0 bridgehead atoms. The quantitative estimate of drug-likeness (QED) is 0.502. The monoisotopic (exact) mass is 422 g/mol. The van der Waals surface area contributed by atoms with Crippen LogP contribution in [0.3, 0.4) is 0 Å². The Bertz CT molecular complexity index is 945. The molecule has 1 unspecified atom stereocenters. The summed E-state index contributed by atoms with van der Waals surface area (Å²) in [6, 6.07) is 16.9. The summed E-state index contributed by atoms with van der Waals surface area (Å²) in [5.74, 6) is 1.79. The third-order valence-electron chi connectivity index (χ3n) is 6.03. The summed E-state index contributed by atoms with van der Waals surface area (Å²) in [5.41, 5.74) is 2.05. The number of rotatable bonds is 9. The highest BCUT2D eigenvalue weighted by Gasteiger charge is 2.22. The number of hydrogen-bond donors (Lipinski definition) is 0. The SMILES string of the molecule is CCN(Cc1nc(-c2ccccc2)no1)CC1CCCN(CCc2cccc(F)c2)C1. The maximum Gasteiger partial charge on any atom is 0.241 e. The third kappa shape index (κ3) is 6.21. The fraction of sp³-hybridized carbons (Fsp3) is 0.440. The molecule has 1 atom stereocenters. The van der Waals surface area contributed by atoms with Gasteiger partial charge in [-0.3, -0.25) is 4.90 Å². The summed E-state index contributed by atoms with van der Waals surface area (Å²) in [6.45, 7) is 8.02. The highest BCUT2D eigenvalue weighted by molar-refractivity contribution is 5.53. The number of aromatic nitrogens is 2. The smallest absolute Gasteiger partial charge is 0.241 e. The zero-order valence-corrected chi connectivity index (χ0v) is 18.2. The standard InChI is InChI=1S/C25H31FN4O/c1-2-29(19-24-27-25(28-31-24)22-10-4-3-5-11-22)17-21-9-7-14-30(18-21)15-13-20-8-6-12-23(26)16-20/h3-6,8,10-12,16,21H,2,7,9,13-15,17-19H2,1H3.